The quantitative estimate of drug-likeness (QED) is 0.574. The molecular weight excluding hydrogens is 292 g/mol. The van der Waals surface area contributed by atoms with Crippen molar-refractivity contribution in [1.29, 1.82) is 0 Å². The van der Waals surface area contributed by atoms with Crippen molar-refractivity contribution in [2.45, 2.75) is 31.8 Å². The van der Waals surface area contributed by atoms with Gasteiger partial charge in [-0.15, -0.1) is 0 Å². The van der Waals surface area contributed by atoms with Gasteiger partial charge in [-0.05, 0) is 17.5 Å². The Balaban J connectivity index is 2.24. The summed E-state index contributed by atoms with van der Waals surface area (Å²) in [6, 6.07) is 16.2. The van der Waals surface area contributed by atoms with Gasteiger partial charge in [0.05, 0.1) is 17.6 Å². The standard InChI is InChI=1S/C18H22N2O3/c1-2-7-17(15-10-6-11-16(12-15)20(22)23)19-18(13-21)14-8-4-3-5-9-14/h3-6,8-12,17-19,21H,2,7,13H2,1H3. The maximum atomic E-state index is 11.0. The van der Waals surface area contributed by atoms with Crippen LogP contribution in [0.3, 0.4) is 0 Å². The van der Waals surface area contributed by atoms with E-state index in [1.54, 1.807) is 12.1 Å². The Morgan fingerprint density at radius 3 is 2.39 bits per heavy atom. The van der Waals surface area contributed by atoms with Crippen LogP contribution in [0.2, 0.25) is 0 Å². The zero-order chi connectivity index (χ0) is 16.7. The molecule has 0 spiro atoms. The molecule has 0 saturated heterocycles. The van der Waals surface area contributed by atoms with Crippen LogP contribution in [0.1, 0.15) is 43.0 Å². The number of benzene rings is 2. The van der Waals surface area contributed by atoms with Crippen LogP contribution in [-0.2, 0) is 0 Å². The third kappa shape index (κ3) is 4.61. The molecule has 0 aliphatic heterocycles. The van der Waals surface area contributed by atoms with Gasteiger partial charge in [0, 0.05) is 18.2 Å². The van der Waals surface area contributed by atoms with Crippen LogP contribution in [0.15, 0.2) is 54.6 Å². The van der Waals surface area contributed by atoms with Crippen molar-refractivity contribution in [3.05, 3.63) is 75.8 Å². The minimum Gasteiger partial charge on any atom is -0.394 e. The van der Waals surface area contributed by atoms with Gasteiger partial charge in [-0.25, -0.2) is 0 Å². The second-order valence-electron chi connectivity index (χ2n) is 5.51. The molecule has 2 aromatic carbocycles. The largest absolute Gasteiger partial charge is 0.394 e. The number of aliphatic hydroxyl groups excluding tert-OH is 1. The molecule has 0 bridgehead atoms. The molecule has 0 aliphatic carbocycles. The molecule has 0 amide bonds. The monoisotopic (exact) mass is 314 g/mol. The van der Waals surface area contributed by atoms with Crippen molar-refractivity contribution in [1.82, 2.24) is 5.32 Å². The van der Waals surface area contributed by atoms with E-state index in [1.165, 1.54) is 6.07 Å². The Bertz CT molecular complexity index is 631. The highest BCUT2D eigenvalue weighted by atomic mass is 16.6. The zero-order valence-electron chi connectivity index (χ0n) is 13.2. The number of hydrogen-bond acceptors (Lipinski definition) is 4. The average Bonchev–Trinajstić information content (AvgIpc) is 2.59. The highest BCUT2D eigenvalue weighted by molar-refractivity contribution is 5.36. The van der Waals surface area contributed by atoms with E-state index in [4.69, 9.17) is 0 Å². The smallest absolute Gasteiger partial charge is 0.269 e. The lowest BCUT2D eigenvalue weighted by Gasteiger charge is -2.25. The molecule has 0 radical (unpaired) electrons. The molecule has 122 valence electrons. The van der Waals surface area contributed by atoms with Gasteiger partial charge in [0.2, 0.25) is 0 Å². The van der Waals surface area contributed by atoms with E-state index in [9.17, 15) is 15.2 Å². The molecular formula is C18H22N2O3. The average molecular weight is 314 g/mol. The zero-order valence-corrected chi connectivity index (χ0v) is 13.2. The molecule has 0 saturated carbocycles. The lowest BCUT2D eigenvalue weighted by Crippen LogP contribution is -2.29. The van der Waals surface area contributed by atoms with Crippen molar-refractivity contribution in [3.63, 3.8) is 0 Å². The molecule has 0 aromatic heterocycles. The summed E-state index contributed by atoms with van der Waals surface area (Å²) in [6.07, 6.45) is 1.78. The fraction of sp³-hybridized carbons (Fsp3) is 0.333. The third-order valence-electron chi connectivity index (χ3n) is 3.85. The van der Waals surface area contributed by atoms with Crippen LogP contribution in [0.4, 0.5) is 5.69 Å². The van der Waals surface area contributed by atoms with Gasteiger partial charge in [-0.3, -0.25) is 10.1 Å². The second kappa shape index (κ2) is 8.41. The Hall–Kier alpha value is -2.24. The number of nitro groups is 1. The van der Waals surface area contributed by atoms with Crippen molar-refractivity contribution in [3.8, 4) is 0 Å². The van der Waals surface area contributed by atoms with Crippen molar-refractivity contribution in [2.24, 2.45) is 0 Å². The summed E-state index contributed by atoms with van der Waals surface area (Å²) < 4.78 is 0. The van der Waals surface area contributed by atoms with Crippen LogP contribution in [-0.4, -0.2) is 16.6 Å². The molecule has 5 heteroatoms. The first-order chi connectivity index (χ1) is 11.2. The van der Waals surface area contributed by atoms with E-state index in [0.717, 1.165) is 24.0 Å². The summed E-state index contributed by atoms with van der Waals surface area (Å²) in [6.45, 7) is 2.04. The Morgan fingerprint density at radius 2 is 1.78 bits per heavy atom. The Labute approximate surface area is 136 Å². The predicted octanol–water partition coefficient (Wildman–Crippen LogP) is 3.76. The van der Waals surface area contributed by atoms with Crippen molar-refractivity contribution >= 4 is 5.69 Å². The van der Waals surface area contributed by atoms with Gasteiger partial charge in [-0.1, -0.05) is 55.8 Å². The van der Waals surface area contributed by atoms with Gasteiger partial charge in [-0.2, -0.15) is 0 Å². The number of nitrogens with one attached hydrogen (secondary N) is 1. The van der Waals surface area contributed by atoms with Gasteiger partial charge < -0.3 is 10.4 Å². The van der Waals surface area contributed by atoms with E-state index < -0.39 is 0 Å². The number of hydrogen-bond donors (Lipinski definition) is 2. The SMILES string of the molecule is CCCC(NC(CO)c1ccccc1)c1cccc([N+](=O)[O-])c1. The first-order valence-electron chi connectivity index (χ1n) is 7.82. The fourth-order valence-corrected chi connectivity index (χ4v) is 2.67. The molecule has 5 nitrogen and oxygen atoms in total. The third-order valence-corrected chi connectivity index (χ3v) is 3.85. The van der Waals surface area contributed by atoms with Gasteiger partial charge in [0.25, 0.3) is 5.69 Å². The first-order valence-corrected chi connectivity index (χ1v) is 7.82. The second-order valence-corrected chi connectivity index (χ2v) is 5.51. The summed E-state index contributed by atoms with van der Waals surface area (Å²) in [5, 5.41) is 24.1. The van der Waals surface area contributed by atoms with E-state index in [-0.39, 0.29) is 29.3 Å². The molecule has 2 rings (SSSR count). The minimum absolute atomic E-state index is 0.0286. The van der Waals surface area contributed by atoms with E-state index >= 15 is 0 Å². The normalized spacial score (nSPS) is 13.5. The molecule has 0 aliphatic rings. The summed E-state index contributed by atoms with van der Waals surface area (Å²) >= 11 is 0. The van der Waals surface area contributed by atoms with Gasteiger partial charge in [0.1, 0.15) is 0 Å². The molecule has 2 atom stereocenters. The fourth-order valence-electron chi connectivity index (χ4n) is 2.67. The van der Waals surface area contributed by atoms with Crippen LogP contribution in [0.5, 0.6) is 0 Å². The van der Waals surface area contributed by atoms with Crippen LogP contribution in [0.25, 0.3) is 0 Å². The van der Waals surface area contributed by atoms with Gasteiger partial charge >= 0.3 is 0 Å². The molecule has 2 unspecified atom stereocenters. The Morgan fingerprint density at radius 1 is 1.09 bits per heavy atom. The van der Waals surface area contributed by atoms with E-state index in [1.807, 2.05) is 36.4 Å². The van der Waals surface area contributed by atoms with Gasteiger partial charge in [0.15, 0.2) is 0 Å². The Kier molecular flexibility index (Phi) is 6.26. The lowest BCUT2D eigenvalue weighted by molar-refractivity contribution is -0.384. The highest BCUT2D eigenvalue weighted by Crippen LogP contribution is 2.26. The number of non-ortho nitro benzene ring substituents is 1. The topological polar surface area (TPSA) is 75.4 Å². The summed E-state index contributed by atoms with van der Waals surface area (Å²) in [7, 11) is 0. The van der Waals surface area contributed by atoms with Crippen LogP contribution < -0.4 is 5.32 Å². The van der Waals surface area contributed by atoms with Crippen molar-refractivity contribution in [2.75, 3.05) is 6.61 Å². The molecule has 2 aromatic rings. The maximum absolute atomic E-state index is 11.0. The number of nitrogens with zero attached hydrogens (tertiary/aromatic N) is 1. The predicted molar refractivity (Wildman–Crippen MR) is 90.1 cm³/mol. The number of nitro benzene ring substituents is 1. The van der Waals surface area contributed by atoms with Crippen LogP contribution >= 0.6 is 0 Å². The molecule has 23 heavy (non-hydrogen) atoms. The number of rotatable bonds is 8. The van der Waals surface area contributed by atoms with E-state index in [0.29, 0.717) is 0 Å². The summed E-state index contributed by atoms with van der Waals surface area (Å²) in [4.78, 5) is 10.6. The summed E-state index contributed by atoms with van der Waals surface area (Å²) in [5.41, 5.74) is 1.96. The molecule has 0 heterocycles. The maximum Gasteiger partial charge on any atom is 0.269 e. The molecule has 0 fully saturated rings. The number of aliphatic hydroxyl groups is 1. The first kappa shape index (κ1) is 17.1. The van der Waals surface area contributed by atoms with Crippen LogP contribution in [0, 0.1) is 10.1 Å². The van der Waals surface area contributed by atoms with E-state index in [2.05, 4.69) is 12.2 Å². The molecule has 2 N–H and O–H groups in total. The lowest BCUT2D eigenvalue weighted by atomic mass is 9.99. The summed E-state index contributed by atoms with van der Waals surface area (Å²) in [5.74, 6) is 0. The van der Waals surface area contributed by atoms with Crippen molar-refractivity contribution < 1.29 is 10.0 Å². The minimum atomic E-state index is -0.382. The highest BCUT2D eigenvalue weighted by Gasteiger charge is 2.19.